The van der Waals surface area contributed by atoms with Crippen LogP contribution in [0.5, 0.6) is 5.75 Å². The minimum Gasteiger partial charge on any atom is -0.489 e. The third-order valence-electron chi connectivity index (χ3n) is 6.37. The average Bonchev–Trinajstić information content (AvgIpc) is 3.33. The second kappa shape index (κ2) is 13.0. The van der Waals surface area contributed by atoms with Crippen LogP contribution in [0.15, 0.2) is 85.3 Å². The van der Waals surface area contributed by atoms with Crippen LogP contribution in [0.4, 0.5) is 0 Å². The van der Waals surface area contributed by atoms with Crippen molar-refractivity contribution in [3.05, 3.63) is 96.4 Å². The van der Waals surface area contributed by atoms with Gasteiger partial charge in [-0.2, -0.15) is 0 Å². The molecule has 0 fully saturated rings. The number of nitrogens with one attached hydrogen (secondary N) is 1. The molecule has 4 rings (SSSR count). The Hall–Kier alpha value is -3.47. The Kier molecular flexibility index (Phi) is 9.26. The van der Waals surface area contributed by atoms with E-state index < -0.39 is 11.6 Å². The van der Waals surface area contributed by atoms with E-state index >= 15 is 0 Å². The molecule has 1 N–H and O–H groups in total. The Morgan fingerprint density at radius 2 is 1.81 bits per heavy atom. The molecular weight excluding hydrogens is 444 g/mol. The number of carbonyl (C=O) groups excluding carboxylic acids is 1. The number of hydrogen-bond donors (Lipinski definition) is 1. The summed E-state index contributed by atoms with van der Waals surface area (Å²) in [6.45, 7) is 2.13. The number of benzene rings is 2. The molecule has 0 saturated carbocycles. The van der Waals surface area contributed by atoms with E-state index in [0.717, 1.165) is 49.1 Å². The van der Waals surface area contributed by atoms with Crippen LogP contribution in [0.1, 0.15) is 42.6 Å². The van der Waals surface area contributed by atoms with Gasteiger partial charge in [0.2, 0.25) is 5.91 Å². The predicted molar refractivity (Wildman–Crippen MR) is 146 cm³/mol. The van der Waals surface area contributed by atoms with E-state index in [4.69, 9.17) is 20.4 Å². The summed E-state index contributed by atoms with van der Waals surface area (Å²) in [7, 11) is 12.1. The number of pyridine rings is 1. The van der Waals surface area contributed by atoms with Crippen molar-refractivity contribution in [3.63, 3.8) is 0 Å². The van der Waals surface area contributed by atoms with Gasteiger partial charge in [0.25, 0.3) is 0 Å². The molecule has 1 amide bonds. The summed E-state index contributed by atoms with van der Waals surface area (Å²) in [6, 6.07) is 22.2. The van der Waals surface area contributed by atoms with Crippen LogP contribution in [0.2, 0.25) is 5.82 Å². The maximum absolute atomic E-state index is 12.3. The highest BCUT2D eigenvalue weighted by atomic mass is 16.5. The van der Waals surface area contributed by atoms with Crippen LogP contribution in [-0.2, 0) is 17.9 Å². The quantitative estimate of drug-likeness (QED) is 0.215. The zero-order chi connectivity index (χ0) is 25.2. The summed E-state index contributed by atoms with van der Waals surface area (Å²) >= 11 is 0. The SMILES string of the molecule is [B][C@@H](C(=O)NCCCCCCn1ccc2cc(OCc3ccccc3)ccc21)[C@@H]([B])c1cccnc1. The highest BCUT2D eigenvalue weighted by Crippen LogP contribution is 2.24. The zero-order valence-corrected chi connectivity index (χ0v) is 20.6. The topological polar surface area (TPSA) is 56.2 Å². The Morgan fingerprint density at radius 1 is 0.972 bits per heavy atom. The molecule has 7 heteroatoms. The van der Waals surface area contributed by atoms with Gasteiger partial charge in [-0.1, -0.05) is 49.2 Å². The van der Waals surface area contributed by atoms with Gasteiger partial charge in [0.15, 0.2) is 0 Å². The summed E-state index contributed by atoms with van der Waals surface area (Å²) in [6.07, 6.45) is 9.57. The molecule has 0 bridgehead atoms. The van der Waals surface area contributed by atoms with Gasteiger partial charge in [-0.15, -0.1) is 0 Å². The lowest BCUT2D eigenvalue weighted by Gasteiger charge is -2.20. The number of fused-ring (bicyclic) bond motifs is 1. The number of carbonyl (C=O) groups is 1. The van der Waals surface area contributed by atoms with Crippen molar-refractivity contribution < 1.29 is 9.53 Å². The molecular formula is C29H31B2N3O2. The van der Waals surface area contributed by atoms with Crippen LogP contribution in [0, 0.1) is 0 Å². The highest BCUT2D eigenvalue weighted by Gasteiger charge is 2.20. The second-order valence-corrected chi connectivity index (χ2v) is 9.05. The molecule has 5 nitrogen and oxygen atoms in total. The maximum atomic E-state index is 12.3. The summed E-state index contributed by atoms with van der Waals surface area (Å²) in [5, 5.41) is 4.09. The number of rotatable bonds is 13. The molecule has 180 valence electrons. The number of hydrogen-bond acceptors (Lipinski definition) is 3. The summed E-state index contributed by atoms with van der Waals surface area (Å²) in [4.78, 5) is 16.3. The molecule has 4 radical (unpaired) electrons. The van der Waals surface area contributed by atoms with E-state index in [-0.39, 0.29) is 5.91 Å². The normalized spacial score (nSPS) is 12.8. The number of unbranched alkanes of at least 4 members (excludes halogenated alkanes) is 3. The molecule has 2 aromatic heterocycles. The smallest absolute Gasteiger partial charge is 0.214 e. The molecule has 2 heterocycles. The average molecular weight is 475 g/mol. The molecule has 2 atom stereocenters. The second-order valence-electron chi connectivity index (χ2n) is 9.05. The fourth-order valence-electron chi connectivity index (χ4n) is 4.24. The number of amides is 1. The van der Waals surface area contributed by atoms with Crippen LogP contribution in [-0.4, -0.2) is 37.7 Å². The highest BCUT2D eigenvalue weighted by molar-refractivity contribution is 6.30. The van der Waals surface area contributed by atoms with E-state index in [1.807, 2.05) is 30.3 Å². The lowest BCUT2D eigenvalue weighted by atomic mass is 9.63. The Bertz CT molecular complexity index is 1230. The van der Waals surface area contributed by atoms with Crippen molar-refractivity contribution in [2.24, 2.45) is 0 Å². The minimum atomic E-state index is -0.791. The van der Waals surface area contributed by atoms with Gasteiger partial charge in [-0.3, -0.25) is 9.78 Å². The van der Waals surface area contributed by atoms with Crippen LogP contribution < -0.4 is 10.1 Å². The van der Waals surface area contributed by atoms with Crippen molar-refractivity contribution >= 4 is 32.5 Å². The van der Waals surface area contributed by atoms with E-state index in [0.29, 0.717) is 13.2 Å². The first-order valence-corrected chi connectivity index (χ1v) is 12.6. The summed E-state index contributed by atoms with van der Waals surface area (Å²) in [5.74, 6) is -0.702. The van der Waals surface area contributed by atoms with Crippen molar-refractivity contribution in [1.29, 1.82) is 0 Å². The summed E-state index contributed by atoms with van der Waals surface area (Å²) < 4.78 is 8.24. The van der Waals surface area contributed by atoms with Gasteiger partial charge in [0, 0.05) is 42.6 Å². The molecule has 2 aromatic carbocycles. The zero-order valence-electron chi connectivity index (χ0n) is 20.6. The maximum Gasteiger partial charge on any atom is 0.214 e. The standard InChI is InChI=1S/C29H31B2N3O2/c30-27(24-11-8-15-32-20-24)28(31)29(35)33-16-6-1-2-7-17-34-18-14-23-19-25(12-13-26(23)34)36-21-22-9-4-3-5-10-22/h3-5,8-15,18-20,27-28H,1-2,6-7,16-17,21H2,(H,33,35)/t27-,28+/m0/s1. The van der Waals surface area contributed by atoms with Gasteiger partial charge in [-0.05, 0) is 65.9 Å². The van der Waals surface area contributed by atoms with Gasteiger partial charge in [0.05, 0.1) is 15.7 Å². The first-order valence-electron chi connectivity index (χ1n) is 12.6. The lowest BCUT2D eigenvalue weighted by molar-refractivity contribution is -0.121. The minimum absolute atomic E-state index is 0.225. The lowest BCUT2D eigenvalue weighted by Crippen LogP contribution is -2.31. The number of nitrogens with zero attached hydrogens (tertiary/aromatic N) is 2. The largest absolute Gasteiger partial charge is 0.489 e. The molecule has 36 heavy (non-hydrogen) atoms. The van der Waals surface area contributed by atoms with Gasteiger partial charge in [0.1, 0.15) is 12.4 Å². The molecule has 0 saturated heterocycles. The molecule has 0 aliphatic carbocycles. The Labute approximate surface area is 216 Å². The van der Waals surface area contributed by atoms with Gasteiger partial charge < -0.3 is 14.6 Å². The van der Waals surface area contributed by atoms with E-state index in [1.165, 1.54) is 10.9 Å². The first kappa shape index (κ1) is 25.6. The third-order valence-corrected chi connectivity index (χ3v) is 6.37. The molecule has 4 aromatic rings. The molecule has 0 spiro atoms. The van der Waals surface area contributed by atoms with E-state index in [9.17, 15) is 4.79 Å². The van der Waals surface area contributed by atoms with E-state index in [1.54, 1.807) is 18.5 Å². The van der Waals surface area contributed by atoms with Crippen molar-refractivity contribution in [2.75, 3.05) is 6.54 Å². The predicted octanol–water partition coefficient (Wildman–Crippen LogP) is 5.16. The van der Waals surface area contributed by atoms with Crippen LogP contribution in [0.3, 0.4) is 0 Å². The van der Waals surface area contributed by atoms with Crippen LogP contribution >= 0.6 is 0 Å². The number of aromatic nitrogens is 2. The van der Waals surface area contributed by atoms with Gasteiger partial charge >= 0.3 is 0 Å². The fraction of sp³-hybridized carbons (Fsp3) is 0.310. The van der Waals surface area contributed by atoms with Crippen molar-refractivity contribution in [3.8, 4) is 5.75 Å². The Morgan fingerprint density at radius 3 is 2.61 bits per heavy atom. The van der Waals surface area contributed by atoms with Gasteiger partial charge in [-0.25, -0.2) is 0 Å². The monoisotopic (exact) mass is 475 g/mol. The summed E-state index contributed by atoms with van der Waals surface area (Å²) in [5.41, 5.74) is 3.13. The van der Waals surface area contributed by atoms with Crippen molar-refractivity contribution in [2.45, 2.75) is 50.5 Å². The third kappa shape index (κ3) is 7.03. The molecule has 0 aliphatic rings. The van der Waals surface area contributed by atoms with Crippen molar-refractivity contribution in [1.82, 2.24) is 14.9 Å². The van der Waals surface area contributed by atoms with Crippen LogP contribution in [0.25, 0.3) is 10.9 Å². The Balaban J connectivity index is 1.13. The molecule has 0 unspecified atom stereocenters. The van der Waals surface area contributed by atoms with E-state index in [2.05, 4.69) is 51.4 Å². The molecule has 0 aliphatic heterocycles. The fourth-order valence-corrected chi connectivity index (χ4v) is 4.24. The first-order chi connectivity index (χ1) is 17.6. The number of ether oxygens (including phenoxy) is 1. The number of aryl methyl sites for hydroxylation is 1.